The number of aliphatic carboxylic acids is 1. The van der Waals surface area contributed by atoms with E-state index < -0.39 is 35.8 Å². The van der Waals surface area contributed by atoms with Crippen LogP contribution < -0.4 is 9.64 Å². The molecule has 0 spiro atoms. The predicted octanol–water partition coefficient (Wildman–Crippen LogP) is 2.06. The first-order chi connectivity index (χ1) is 9.62. The fourth-order valence-corrected chi connectivity index (χ4v) is 1.59. The van der Waals surface area contributed by atoms with E-state index in [9.17, 15) is 28.1 Å². The molecule has 1 aromatic rings. The Hall–Kier alpha value is -2.52. The van der Waals surface area contributed by atoms with Crippen molar-refractivity contribution in [3.63, 3.8) is 0 Å². The average molecular weight is 308 g/mol. The van der Waals surface area contributed by atoms with E-state index in [0.717, 1.165) is 18.2 Å². The summed E-state index contributed by atoms with van der Waals surface area (Å²) >= 11 is 0. The van der Waals surface area contributed by atoms with Gasteiger partial charge in [-0.25, -0.2) is 0 Å². The van der Waals surface area contributed by atoms with Gasteiger partial charge in [0.15, 0.2) is 0 Å². The van der Waals surface area contributed by atoms with Crippen LogP contribution in [0.15, 0.2) is 18.2 Å². The molecule has 0 fully saturated rings. The van der Waals surface area contributed by atoms with Crippen LogP contribution in [0.25, 0.3) is 0 Å². The molecule has 0 atom stereocenters. The summed E-state index contributed by atoms with van der Waals surface area (Å²) in [6, 6.07) is 2.98. The van der Waals surface area contributed by atoms with Crippen molar-refractivity contribution >= 4 is 17.3 Å². The highest BCUT2D eigenvalue weighted by Crippen LogP contribution is 2.30. The van der Waals surface area contributed by atoms with Crippen LogP contribution in [0.4, 0.5) is 24.5 Å². The van der Waals surface area contributed by atoms with Gasteiger partial charge >= 0.3 is 12.1 Å². The molecule has 0 unspecified atom stereocenters. The number of hydrogen-bond acceptors (Lipinski definition) is 5. The third-order valence-electron chi connectivity index (χ3n) is 2.38. The topological polar surface area (TPSA) is 92.9 Å². The Kier molecular flexibility index (Phi) is 4.95. The fourth-order valence-electron chi connectivity index (χ4n) is 1.59. The Morgan fingerprint density at radius 3 is 2.48 bits per heavy atom. The van der Waals surface area contributed by atoms with Gasteiger partial charge in [-0.3, -0.25) is 14.9 Å². The van der Waals surface area contributed by atoms with Crippen LogP contribution in [0.5, 0.6) is 5.75 Å². The maximum absolute atomic E-state index is 12.5. The number of halogens is 3. The zero-order valence-electron chi connectivity index (χ0n) is 10.8. The summed E-state index contributed by atoms with van der Waals surface area (Å²) in [4.78, 5) is 21.1. The van der Waals surface area contributed by atoms with Gasteiger partial charge in [-0.2, -0.15) is 13.2 Å². The van der Waals surface area contributed by atoms with E-state index in [1.165, 1.54) is 7.11 Å². The molecule has 0 aromatic heterocycles. The van der Waals surface area contributed by atoms with E-state index in [1.54, 1.807) is 0 Å². The Morgan fingerprint density at radius 1 is 1.43 bits per heavy atom. The van der Waals surface area contributed by atoms with Gasteiger partial charge in [-0.15, -0.1) is 0 Å². The molecule has 1 aromatic carbocycles. The number of nitrogens with zero attached hydrogens (tertiary/aromatic N) is 2. The zero-order chi connectivity index (χ0) is 16.2. The summed E-state index contributed by atoms with van der Waals surface area (Å²) in [5, 5.41) is 19.4. The van der Waals surface area contributed by atoms with Crippen molar-refractivity contribution in [2.24, 2.45) is 0 Å². The fraction of sp³-hybridized carbons (Fsp3) is 0.364. The maximum Gasteiger partial charge on any atom is 0.405 e. The first-order valence-corrected chi connectivity index (χ1v) is 5.49. The van der Waals surface area contributed by atoms with Gasteiger partial charge in [-0.05, 0) is 0 Å². The Labute approximate surface area is 116 Å². The van der Waals surface area contributed by atoms with Crippen LogP contribution in [0.2, 0.25) is 0 Å². The lowest BCUT2D eigenvalue weighted by molar-refractivity contribution is -0.384. The van der Waals surface area contributed by atoms with Crippen molar-refractivity contribution in [1.82, 2.24) is 0 Å². The highest BCUT2D eigenvalue weighted by atomic mass is 19.4. The highest BCUT2D eigenvalue weighted by molar-refractivity contribution is 5.74. The second-order valence-electron chi connectivity index (χ2n) is 4.01. The molecule has 1 N–H and O–H groups in total. The summed E-state index contributed by atoms with van der Waals surface area (Å²) in [7, 11) is 1.19. The summed E-state index contributed by atoms with van der Waals surface area (Å²) in [5.41, 5.74) is -0.761. The van der Waals surface area contributed by atoms with E-state index in [0.29, 0.717) is 4.90 Å². The molecule has 1 rings (SSSR count). The first-order valence-electron chi connectivity index (χ1n) is 5.49. The number of methoxy groups -OCH3 is 1. The van der Waals surface area contributed by atoms with Gasteiger partial charge in [0.05, 0.1) is 18.1 Å². The lowest BCUT2D eigenvalue weighted by atomic mass is 10.2. The van der Waals surface area contributed by atoms with Crippen LogP contribution in [0.3, 0.4) is 0 Å². The first kappa shape index (κ1) is 16.5. The van der Waals surface area contributed by atoms with Crippen LogP contribution in [0.1, 0.15) is 0 Å². The number of benzene rings is 1. The minimum absolute atomic E-state index is 0.0447. The molecule has 0 heterocycles. The Bertz CT molecular complexity index is 547. The van der Waals surface area contributed by atoms with Crippen molar-refractivity contribution in [3.8, 4) is 5.75 Å². The quantitative estimate of drug-likeness (QED) is 0.638. The third kappa shape index (κ3) is 5.16. The Balaban J connectivity index is 3.24. The zero-order valence-corrected chi connectivity index (χ0v) is 10.8. The van der Waals surface area contributed by atoms with Crippen molar-refractivity contribution < 1.29 is 32.7 Å². The van der Waals surface area contributed by atoms with Crippen molar-refractivity contribution in [1.29, 1.82) is 0 Å². The normalized spacial score (nSPS) is 11.0. The molecule has 0 aliphatic rings. The molecular formula is C11H11F3N2O5. The number of nitro groups is 1. The standard InChI is InChI=1S/C11H11F3N2O5/c1-21-9-3-7(2-8(4-9)16(19)20)15(5-10(17)18)6-11(12,13)14/h2-4H,5-6H2,1H3,(H,17,18). The lowest BCUT2D eigenvalue weighted by Gasteiger charge is -2.24. The largest absolute Gasteiger partial charge is 0.496 e. The molecule has 0 saturated carbocycles. The molecule has 10 heteroatoms. The minimum atomic E-state index is -4.66. The molecular weight excluding hydrogens is 297 g/mol. The SMILES string of the molecule is COc1cc(N(CC(=O)O)CC(F)(F)F)cc([N+](=O)[O-])c1. The maximum atomic E-state index is 12.5. The molecule has 0 amide bonds. The summed E-state index contributed by atoms with van der Waals surface area (Å²) in [5.74, 6) is -1.54. The van der Waals surface area contributed by atoms with E-state index in [1.807, 2.05) is 0 Å². The molecule has 0 aliphatic heterocycles. The van der Waals surface area contributed by atoms with Crippen LogP contribution in [-0.4, -0.2) is 42.4 Å². The molecule has 0 saturated heterocycles. The predicted molar refractivity (Wildman–Crippen MR) is 65.6 cm³/mol. The smallest absolute Gasteiger partial charge is 0.405 e. The van der Waals surface area contributed by atoms with Gasteiger partial charge in [0, 0.05) is 17.8 Å². The summed E-state index contributed by atoms with van der Waals surface area (Å²) in [6.07, 6.45) is -4.66. The van der Waals surface area contributed by atoms with Crippen molar-refractivity contribution in [2.75, 3.05) is 25.1 Å². The molecule has 21 heavy (non-hydrogen) atoms. The number of anilines is 1. The number of alkyl halides is 3. The second kappa shape index (κ2) is 6.29. The number of nitro benzene ring substituents is 1. The number of carboxylic acids is 1. The molecule has 0 bridgehead atoms. The van der Waals surface area contributed by atoms with E-state index >= 15 is 0 Å². The second-order valence-corrected chi connectivity index (χ2v) is 4.01. The number of ether oxygens (including phenoxy) is 1. The van der Waals surface area contributed by atoms with E-state index in [4.69, 9.17) is 9.84 Å². The van der Waals surface area contributed by atoms with Crippen molar-refractivity contribution in [2.45, 2.75) is 6.18 Å². The number of hydrogen-bond donors (Lipinski definition) is 1. The molecule has 7 nitrogen and oxygen atoms in total. The highest BCUT2D eigenvalue weighted by Gasteiger charge is 2.32. The molecule has 0 radical (unpaired) electrons. The molecule has 116 valence electrons. The number of rotatable bonds is 6. The Morgan fingerprint density at radius 2 is 2.05 bits per heavy atom. The van der Waals surface area contributed by atoms with Crippen LogP contribution >= 0.6 is 0 Å². The van der Waals surface area contributed by atoms with Gasteiger partial charge in [-0.1, -0.05) is 0 Å². The van der Waals surface area contributed by atoms with E-state index in [2.05, 4.69) is 0 Å². The minimum Gasteiger partial charge on any atom is -0.496 e. The number of carbonyl (C=O) groups is 1. The monoisotopic (exact) mass is 308 g/mol. The van der Waals surface area contributed by atoms with Gasteiger partial charge in [0.1, 0.15) is 18.8 Å². The lowest BCUT2D eigenvalue weighted by Crippen LogP contribution is -2.38. The van der Waals surface area contributed by atoms with Crippen LogP contribution in [-0.2, 0) is 4.79 Å². The third-order valence-corrected chi connectivity index (χ3v) is 2.38. The number of non-ortho nitro benzene ring substituents is 1. The van der Waals surface area contributed by atoms with Gasteiger partial charge in [0.2, 0.25) is 0 Å². The summed E-state index contributed by atoms with van der Waals surface area (Å²) < 4.78 is 42.2. The summed E-state index contributed by atoms with van der Waals surface area (Å²) in [6.45, 7) is -2.51. The van der Waals surface area contributed by atoms with Gasteiger partial charge in [0.25, 0.3) is 5.69 Å². The number of carboxylic acid groups (broad SMARTS) is 1. The van der Waals surface area contributed by atoms with Crippen LogP contribution in [0, 0.1) is 10.1 Å². The average Bonchev–Trinajstić information content (AvgIpc) is 2.35. The van der Waals surface area contributed by atoms with Crippen molar-refractivity contribution in [3.05, 3.63) is 28.3 Å². The van der Waals surface area contributed by atoms with Gasteiger partial charge < -0.3 is 14.7 Å². The molecule has 0 aliphatic carbocycles. The van der Waals surface area contributed by atoms with E-state index in [-0.39, 0.29) is 11.4 Å².